The molecule has 0 aliphatic carbocycles. The highest BCUT2D eigenvalue weighted by molar-refractivity contribution is 7.91. The van der Waals surface area contributed by atoms with Crippen LogP contribution in [-0.2, 0) is 27.6 Å². The highest BCUT2D eigenvalue weighted by Gasteiger charge is 2.37. The number of benzene rings is 2. The van der Waals surface area contributed by atoms with Gasteiger partial charge in [-0.1, -0.05) is 38.1 Å². The molecule has 1 fully saturated rings. The quantitative estimate of drug-likeness (QED) is 0.636. The van der Waals surface area contributed by atoms with Crippen LogP contribution in [0.5, 0.6) is 5.75 Å². The standard InChI is InChI=1S/C23H28FNO4S/c1-3-17-5-7-18(8-6-17)15-25(20-13-14-30(27,28)16-20)23(26)22(4-2)29-21-11-9-19(24)10-12-21/h5-12,20,22H,3-4,13-16H2,1-2H3. The Hall–Kier alpha value is -2.41. The van der Waals surface area contributed by atoms with E-state index in [4.69, 9.17) is 4.74 Å². The lowest BCUT2D eigenvalue weighted by atomic mass is 10.1. The predicted molar refractivity (Wildman–Crippen MR) is 115 cm³/mol. The number of halogens is 1. The van der Waals surface area contributed by atoms with E-state index < -0.39 is 15.9 Å². The SMILES string of the molecule is CCc1ccc(CN(C(=O)C(CC)Oc2ccc(F)cc2)C2CCS(=O)(=O)C2)cc1. The molecule has 1 heterocycles. The van der Waals surface area contributed by atoms with Gasteiger partial charge in [-0.2, -0.15) is 0 Å². The van der Waals surface area contributed by atoms with Crippen LogP contribution in [0.25, 0.3) is 0 Å². The zero-order chi connectivity index (χ0) is 21.7. The number of rotatable bonds is 8. The maximum absolute atomic E-state index is 13.4. The summed E-state index contributed by atoms with van der Waals surface area (Å²) in [4.78, 5) is 15.0. The summed E-state index contributed by atoms with van der Waals surface area (Å²) in [7, 11) is -3.15. The van der Waals surface area contributed by atoms with E-state index in [0.29, 0.717) is 25.1 Å². The Labute approximate surface area is 177 Å². The Kier molecular flexibility index (Phi) is 7.13. The third-order valence-electron chi connectivity index (χ3n) is 5.45. The summed E-state index contributed by atoms with van der Waals surface area (Å²) in [6, 6.07) is 13.2. The molecule has 2 aromatic carbocycles. The molecule has 3 rings (SSSR count). The molecule has 5 nitrogen and oxygen atoms in total. The van der Waals surface area contributed by atoms with E-state index >= 15 is 0 Å². The van der Waals surface area contributed by atoms with Gasteiger partial charge in [0.1, 0.15) is 11.6 Å². The van der Waals surface area contributed by atoms with Gasteiger partial charge < -0.3 is 9.64 Å². The van der Waals surface area contributed by atoms with Crippen molar-refractivity contribution in [3.63, 3.8) is 0 Å². The van der Waals surface area contributed by atoms with Crippen molar-refractivity contribution in [1.29, 1.82) is 0 Å². The first-order chi connectivity index (χ1) is 14.3. The van der Waals surface area contributed by atoms with Gasteiger partial charge in [0.25, 0.3) is 5.91 Å². The van der Waals surface area contributed by atoms with E-state index in [0.717, 1.165) is 12.0 Å². The van der Waals surface area contributed by atoms with E-state index in [9.17, 15) is 17.6 Å². The van der Waals surface area contributed by atoms with Gasteiger partial charge in [-0.15, -0.1) is 0 Å². The van der Waals surface area contributed by atoms with Gasteiger partial charge in [-0.25, -0.2) is 12.8 Å². The molecule has 0 aromatic heterocycles. The van der Waals surface area contributed by atoms with Crippen molar-refractivity contribution in [2.75, 3.05) is 11.5 Å². The highest BCUT2D eigenvalue weighted by Crippen LogP contribution is 2.23. The Balaban J connectivity index is 1.82. The van der Waals surface area contributed by atoms with Crippen LogP contribution in [0, 0.1) is 5.82 Å². The van der Waals surface area contributed by atoms with Crippen molar-refractivity contribution >= 4 is 15.7 Å². The lowest BCUT2D eigenvalue weighted by molar-refractivity contribution is -0.141. The second-order valence-corrected chi connectivity index (χ2v) is 9.89. The lowest BCUT2D eigenvalue weighted by Crippen LogP contribution is -2.47. The van der Waals surface area contributed by atoms with Crippen LogP contribution in [-0.4, -0.2) is 42.9 Å². The molecular weight excluding hydrogens is 405 g/mol. The number of amides is 1. The molecule has 1 aliphatic heterocycles. The largest absolute Gasteiger partial charge is 0.481 e. The van der Waals surface area contributed by atoms with Gasteiger partial charge in [0.2, 0.25) is 0 Å². The maximum atomic E-state index is 13.4. The molecule has 0 saturated carbocycles. The molecule has 0 radical (unpaired) electrons. The van der Waals surface area contributed by atoms with Crippen LogP contribution in [0.15, 0.2) is 48.5 Å². The number of hydrogen-bond acceptors (Lipinski definition) is 4. The summed E-state index contributed by atoms with van der Waals surface area (Å²) in [6.45, 7) is 4.24. The number of nitrogens with zero attached hydrogens (tertiary/aromatic N) is 1. The van der Waals surface area contributed by atoms with Crippen LogP contribution in [0.1, 0.15) is 37.8 Å². The van der Waals surface area contributed by atoms with Crippen LogP contribution >= 0.6 is 0 Å². The Morgan fingerprint density at radius 1 is 1.10 bits per heavy atom. The minimum absolute atomic E-state index is 0.0290. The average Bonchev–Trinajstić information content (AvgIpc) is 3.11. The molecule has 162 valence electrons. The van der Waals surface area contributed by atoms with Gasteiger partial charge in [0.15, 0.2) is 15.9 Å². The van der Waals surface area contributed by atoms with Gasteiger partial charge in [-0.3, -0.25) is 4.79 Å². The number of ether oxygens (including phenoxy) is 1. The maximum Gasteiger partial charge on any atom is 0.264 e. The van der Waals surface area contributed by atoms with Crippen molar-refractivity contribution in [2.45, 2.75) is 51.8 Å². The minimum atomic E-state index is -3.15. The molecule has 0 N–H and O–H groups in total. The van der Waals surface area contributed by atoms with Gasteiger partial charge in [0.05, 0.1) is 11.5 Å². The smallest absolute Gasteiger partial charge is 0.264 e. The van der Waals surface area contributed by atoms with Crippen molar-refractivity contribution in [2.24, 2.45) is 0 Å². The molecule has 1 saturated heterocycles. The topological polar surface area (TPSA) is 63.7 Å². The zero-order valence-electron chi connectivity index (χ0n) is 17.4. The summed E-state index contributed by atoms with van der Waals surface area (Å²) in [5.74, 6) is -0.161. The first-order valence-electron chi connectivity index (χ1n) is 10.3. The van der Waals surface area contributed by atoms with Crippen LogP contribution in [0.2, 0.25) is 0 Å². The normalized spacial score (nSPS) is 18.7. The molecule has 2 unspecified atom stereocenters. The van der Waals surface area contributed by atoms with E-state index in [1.165, 1.54) is 29.8 Å². The summed E-state index contributed by atoms with van der Waals surface area (Å²) in [5, 5.41) is 0. The first-order valence-corrected chi connectivity index (χ1v) is 12.1. The summed E-state index contributed by atoms with van der Waals surface area (Å²) in [6.07, 6.45) is 0.996. The molecule has 1 amide bonds. The summed E-state index contributed by atoms with van der Waals surface area (Å²) < 4.78 is 43.1. The number of hydrogen-bond donors (Lipinski definition) is 0. The third kappa shape index (κ3) is 5.59. The number of aryl methyl sites for hydroxylation is 1. The fraction of sp³-hybridized carbons (Fsp3) is 0.435. The van der Waals surface area contributed by atoms with Crippen molar-refractivity contribution in [1.82, 2.24) is 4.90 Å². The van der Waals surface area contributed by atoms with E-state index in [2.05, 4.69) is 6.92 Å². The summed E-state index contributed by atoms with van der Waals surface area (Å²) >= 11 is 0. The molecule has 1 aliphatic rings. The first kappa shape index (κ1) is 22.3. The molecule has 2 aromatic rings. The van der Waals surface area contributed by atoms with Crippen LogP contribution in [0.3, 0.4) is 0 Å². The highest BCUT2D eigenvalue weighted by atomic mass is 32.2. The Bertz CT molecular complexity index is 958. The number of carbonyl (C=O) groups is 1. The molecule has 7 heteroatoms. The molecule has 0 bridgehead atoms. The second-order valence-electron chi connectivity index (χ2n) is 7.66. The van der Waals surface area contributed by atoms with E-state index in [1.54, 1.807) is 4.90 Å². The number of sulfone groups is 1. The Morgan fingerprint density at radius 3 is 2.27 bits per heavy atom. The Morgan fingerprint density at radius 2 is 1.73 bits per heavy atom. The van der Waals surface area contributed by atoms with Crippen LogP contribution in [0.4, 0.5) is 4.39 Å². The zero-order valence-corrected chi connectivity index (χ0v) is 18.2. The fourth-order valence-electron chi connectivity index (χ4n) is 3.66. The van der Waals surface area contributed by atoms with Crippen molar-refractivity contribution in [3.8, 4) is 5.75 Å². The molecule has 2 atom stereocenters. The second kappa shape index (κ2) is 9.60. The van der Waals surface area contributed by atoms with E-state index in [-0.39, 0.29) is 29.3 Å². The average molecular weight is 434 g/mol. The van der Waals surface area contributed by atoms with Crippen molar-refractivity contribution in [3.05, 3.63) is 65.5 Å². The van der Waals surface area contributed by atoms with Gasteiger partial charge in [-0.05, 0) is 54.7 Å². The molecular formula is C23H28FNO4S. The monoisotopic (exact) mass is 433 g/mol. The molecule has 30 heavy (non-hydrogen) atoms. The van der Waals surface area contributed by atoms with E-state index in [1.807, 2.05) is 31.2 Å². The fourth-order valence-corrected chi connectivity index (χ4v) is 5.39. The minimum Gasteiger partial charge on any atom is -0.481 e. The van der Waals surface area contributed by atoms with Crippen LogP contribution < -0.4 is 4.74 Å². The van der Waals surface area contributed by atoms with Crippen molar-refractivity contribution < 1.29 is 22.3 Å². The van der Waals surface area contributed by atoms with Gasteiger partial charge >= 0.3 is 0 Å². The predicted octanol–water partition coefficient (Wildman–Crippen LogP) is 3.76. The lowest BCUT2D eigenvalue weighted by Gasteiger charge is -2.32. The number of carbonyl (C=O) groups excluding carboxylic acids is 1. The van der Waals surface area contributed by atoms with Gasteiger partial charge in [0, 0.05) is 12.6 Å². The summed E-state index contributed by atoms with van der Waals surface area (Å²) in [5.41, 5.74) is 2.15. The molecule has 0 spiro atoms. The third-order valence-corrected chi connectivity index (χ3v) is 7.20.